The number of halogens is 2. The summed E-state index contributed by atoms with van der Waals surface area (Å²) >= 11 is 15.3. The van der Waals surface area contributed by atoms with Crippen LogP contribution in [0.3, 0.4) is 0 Å². The van der Waals surface area contributed by atoms with E-state index < -0.39 is 0 Å². The number of Topliss-reactive ketones (excluding diaryl/α,β-unsaturated/α-hetero) is 2. The number of hydrogen-bond acceptors (Lipinski definition) is 4. The van der Waals surface area contributed by atoms with E-state index in [0.717, 1.165) is 20.8 Å². The van der Waals surface area contributed by atoms with E-state index in [1.165, 1.54) is 17.0 Å². The Kier molecular flexibility index (Phi) is 4.10. The first-order valence-corrected chi connectivity index (χ1v) is 10.8. The monoisotopic (exact) mass is 443 g/mol. The second kappa shape index (κ2) is 6.42. The molecule has 0 aliphatic heterocycles. The second-order valence-corrected chi connectivity index (χ2v) is 9.37. The SMILES string of the molecule is Cn1c(-c2cccs2)cc2sc(C=C3C(=O)c4cc(Cl)c(Cl)cc4C3=O)cc21. The fourth-order valence-electron chi connectivity index (χ4n) is 3.45. The van der Waals surface area contributed by atoms with Crippen LogP contribution in [0, 0.1) is 0 Å². The fourth-order valence-corrected chi connectivity index (χ4v) is 5.63. The molecule has 0 atom stereocenters. The van der Waals surface area contributed by atoms with E-state index in [0.29, 0.717) is 11.1 Å². The predicted octanol–water partition coefficient (Wildman–Crippen LogP) is 6.74. The Balaban J connectivity index is 1.57. The van der Waals surface area contributed by atoms with Crippen molar-refractivity contribution < 1.29 is 9.59 Å². The van der Waals surface area contributed by atoms with Gasteiger partial charge in [0, 0.05) is 23.1 Å². The molecule has 0 radical (unpaired) electrons. The van der Waals surface area contributed by atoms with Crippen LogP contribution in [0.2, 0.25) is 10.0 Å². The van der Waals surface area contributed by atoms with Gasteiger partial charge in [0.05, 0.1) is 36.4 Å². The van der Waals surface area contributed by atoms with Crippen LogP contribution in [0.5, 0.6) is 0 Å². The first-order valence-electron chi connectivity index (χ1n) is 8.37. The van der Waals surface area contributed by atoms with Gasteiger partial charge in [0.2, 0.25) is 0 Å². The number of allylic oxidation sites excluding steroid dienone is 1. The average molecular weight is 444 g/mol. The Hall–Kier alpha value is -2.18. The number of thiophene rings is 2. The topological polar surface area (TPSA) is 39.1 Å². The van der Waals surface area contributed by atoms with Crippen molar-refractivity contribution in [3.63, 3.8) is 0 Å². The average Bonchev–Trinajstić information content (AvgIpc) is 3.41. The van der Waals surface area contributed by atoms with Gasteiger partial charge in [-0.1, -0.05) is 29.3 Å². The Morgan fingerprint density at radius 3 is 2.25 bits per heavy atom. The molecule has 3 aromatic heterocycles. The molecule has 1 aromatic carbocycles. The highest BCUT2D eigenvalue weighted by Crippen LogP contribution is 2.38. The van der Waals surface area contributed by atoms with Gasteiger partial charge in [-0.3, -0.25) is 9.59 Å². The smallest absolute Gasteiger partial charge is 0.197 e. The van der Waals surface area contributed by atoms with Gasteiger partial charge in [-0.15, -0.1) is 22.7 Å². The number of benzene rings is 1. The first-order chi connectivity index (χ1) is 13.4. The van der Waals surface area contributed by atoms with Crippen LogP contribution in [0.1, 0.15) is 25.6 Å². The maximum absolute atomic E-state index is 12.7. The molecule has 4 aromatic rings. The summed E-state index contributed by atoms with van der Waals surface area (Å²) in [5, 5.41) is 2.59. The van der Waals surface area contributed by atoms with Gasteiger partial charge in [-0.05, 0) is 41.8 Å². The summed E-state index contributed by atoms with van der Waals surface area (Å²) in [7, 11) is 2.02. The summed E-state index contributed by atoms with van der Waals surface area (Å²) in [5.41, 5.74) is 3.00. The van der Waals surface area contributed by atoms with E-state index in [1.54, 1.807) is 28.7 Å². The standard InChI is InChI=1S/C21H11Cl2NO2S2/c1-24-16-6-10(28-19(16)9-17(24)18-3-2-4-27-18)5-13-20(25)11-7-14(22)15(23)8-12(11)21(13)26/h2-9H,1H3. The van der Waals surface area contributed by atoms with Crippen LogP contribution in [-0.4, -0.2) is 16.1 Å². The van der Waals surface area contributed by atoms with Gasteiger partial charge >= 0.3 is 0 Å². The Morgan fingerprint density at radius 1 is 1.00 bits per heavy atom. The highest BCUT2D eigenvalue weighted by atomic mass is 35.5. The number of rotatable bonds is 2. The van der Waals surface area contributed by atoms with E-state index in [4.69, 9.17) is 23.2 Å². The van der Waals surface area contributed by atoms with Crippen LogP contribution in [0.4, 0.5) is 0 Å². The van der Waals surface area contributed by atoms with Crippen molar-refractivity contribution in [2.75, 3.05) is 0 Å². The molecule has 0 N–H and O–H groups in total. The van der Waals surface area contributed by atoms with Crippen molar-refractivity contribution in [2.45, 2.75) is 0 Å². The maximum atomic E-state index is 12.7. The number of aryl methyl sites for hydroxylation is 1. The quantitative estimate of drug-likeness (QED) is 0.254. The van der Waals surface area contributed by atoms with Gasteiger partial charge < -0.3 is 4.57 Å². The molecule has 7 heteroatoms. The van der Waals surface area contributed by atoms with Gasteiger partial charge in [0.15, 0.2) is 11.6 Å². The van der Waals surface area contributed by atoms with Gasteiger partial charge in [-0.25, -0.2) is 0 Å². The fraction of sp³-hybridized carbons (Fsp3) is 0.0476. The third-order valence-electron chi connectivity index (χ3n) is 4.85. The van der Waals surface area contributed by atoms with E-state index in [-0.39, 0.29) is 27.2 Å². The zero-order valence-electron chi connectivity index (χ0n) is 14.5. The van der Waals surface area contributed by atoms with Crippen LogP contribution in [-0.2, 0) is 7.05 Å². The summed E-state index contributed by atoms with van der Waals surface area (Å²) in [6, 6.07) is 11.2. The van der Waals surface area contributed by atoms with Crippen molar-refractivity contribution in [2.24, 2.45) is 7.05 Å². The molecule has 0 saturated carbocycles. The zero-order valence-corrected chi connectivity index (χ0v) is 17.6. The molecule has 138 valence electrons. The highest BCUT2D eigenvalue weighted by Gasteiger charge is 2.34. The molecule has 0 spiro atoms. The molecule has 0 amide bonds. The maximum Gasteiger partial charge on any atom is 0.197 e. The second-order valence-electron chi connectivity index (χ2n) is 6.49. The molecule has 0 fully saturated rings. The lowest BCUT2D eigenvalue weighted by molar-refractivity contribution is 0.0990. The predicted molar refractivity (Wildman–Crippen MR) is 117 cm³/mol. The highest BCUT2D eigenvalue weighted by molar-refractivity contribution is 7.20. The minimum Gasteiger partial charge on any atom is -0.342 e. The lowest BCUT2D eigenvalue weighted by atomic mass is 10.1. The molecule has 1 aliphatic rings. The molecule has 1 aliphatic carbocycles. The Bertz CT molecular complexity index is 1280. The normalized spacial score (nSPS) is 13.6. The third-order valence-corrected chi connectivity index (χ3v) is 7.48. The lowest BCUT2D eigenvalue weighted by Gasteiger charge is -2.00. The van der Waals surface area contributed by atoms with Crippen LogP contribution in [0.15, 0.2) is 47.4 Å². The molecular weight excluding hydrogens is 433 g/mol. The minimum atomic E-state index is -0.310. The number of hydrogen-bond donors (Lipinski definition) is 0. The van der Waals surface area contributed by atoms with E-state index in [2.05, 4.69) is 22.1 Å². The minimum absolute atomic E-state index is 0.151. The summed E-state index contributed by atoms with van der Waals surface area (Å²) in [4.78, 5) is 27.5. The number of ketones is 2. The molecule has 5 rings (SSSR count). The van der Waals surface area contributed by atoms with Crippen LogP contribution < -0.4 is 0 Å². The Labute approximate surface area is 178 Å². The van der Waals surface area contributed by atoms with Gasteiger partial charge in [-0.2, -0.15) is 0 Å². The zero-order chi connectivity index (χ0) is 19.6. The summed E-state index contributed by atoms with van der Waals surface area (Å²) in [6.07, 6.45) is 1.67. The molecule has 3 nitrogen and oxygen atoms in total. The largest absolute Gasteiger partial charge is 0.342 e. The van der Waals surface area contributed by atoms with Crippen molar-refractivity contribution in [1.82, 2.24) is 4.57 Å². The van der Waals surface area contributed by atoms with E-state index in [9.17, 15) is 9.59 Å². The van der Waals surface area contributed by atoms with Crippen molar-refractivity contribution in [3.05, 3.63) is 73.4 Å². The number of nitrogens with zero attached hydrogens (tertiary/aromatic N) is 1. The third kappa shape index (κ3) is 2.62. The lowest BCUT2D eigenvalue weighted by Crippen LogP contribution is -1.99. The van der Waals surface area contributed by atoms with Crippen LogP contribution >= 0.6 is 45.9 Å². The number of carbonyl (C=O) groups excluding carboxylic acids is 2. The first kappa shape index (κ1) is 17.9. The summed E-state index contributed by atoms with van der Waals surface area (Å²) in [5.74, 6) is -0.620. The van der Waals surface area contributed by atoms with Crippen molar-refractivity contribution in [3.8, 4) is 10.6 Å². The van der Waals surface area contributed by atoms with Crippen LogP contribution in [0.25, 0.3) is 26.9 Å². The molecule has 3 heterocycles. The molecule has 0 bridgehead atoms. The number of carbonyl (C=O) groups is 2. The van der Waals surface area contributed by atoms with E-state index >= 15 is 0 Å². The van der Waals surface area contributed by atoms with Crippen molar-refractivity contribution in [1.29, 1.82) is 0 Å². The van der Waals surface area contributed by atoms with Crippen molar-refractivity contribution >= 4 is 73.7 Å². The molecule has 0 unspecified atom stereocenters. The number of fused-ring (bicyclic) bond motifs is 2. The molecule has 0 saturated heterocycles. The Morgan fingerprint density at radius 2 is 1.68 bits per heavy atom. The number of aromatic nitrogens is 1. The van der Waals surface area contributed by atoms with E-state index in [1.807, 2.05) is 19.2 Å². The van der Waals surface area contributed by atoms with Gasteiger partial charge in [0.1, 0.15) is 0 Å². The summed E-state index contributed by atoms with van der Waals surface area (Å²) in [6.45, 7) is 0. The van der Waals surface area contributed by atoms with Gasteiger partial charge in [0.25, 0.3) is 0 Å². The molecule has 28 heavy (non-hydrogen) atoms. The summed E-state index contributed by atoms with van der Waals surface area (Å²) < 4.78 is 3.24. The molecular formula is C21H11Cl2NO2S2.